The van der Waals surface area contributed by atoms with Crippen LogP contribution in [-0.2, 0) is 4.79 Å². The highest BCUT2D eigenvalue weighted by molar-refractivity contribution is 6.32. The maximum absolute atomic E-state index is 11.9. The molecule has 0 radical (unpaired) electrons. The van der Waals surface area contributed by atoms with Gasteiger partial charge in [-0.25, -0.2) is 0 Å². The number of anilines is 1. The maximum atomic E-state index is 11.9. The van der Waals surface area contributed by atoms with Crippen LogP contribution in [0.15, 0.2) is 12.1 Å². The van der Waals surface area contributed by atoms with E-state index in [2.05, 4.69) is 5.32 Å². The van der Waals surface area contributed by atoms with Gasteiger partial charge in [0, 0.05) is 12.5 Å². The lowest BCUT2D eigenvalue weighted by atomic mass is 9.92. The molecule has 0 aliphatic heterocycles. The Balaban J connectivity index is 2.94. The average Bonchev–Trinajstić information content (AvgIpc) is 2.26. The summed E-state index contributed by atoms with van der Waals surface area (Å²) in [7, 11) is 3.06. The molecule has 1 N–H and O–H groups in total. The summed E-state index contributed by atoms with van der Waals surface area (Å²) < 4.78 is 10.3. The third kappa shape index (κ3) is 4.63. The van der Waals surface area contributed by atoms with Gasteiger partial charge in [-0.15, -0.1) is 0 Å². The number of carbonyl (C=O) groups is 1. The van der Waals surface area contributed by atoms with Crippen molar-refractivity contribution < 1.29 is 14.3 Å². The zero-order valence-electron chi connectivity index (χ0n) is 12.0. The topological polar surface area (TPSA) is 47.6 Å². The van der Waals surface area contributed by atoms with Crippen LogP contribution in [0.4, 0.5) is 5.69 Å². The van der Waals surface area contributed by atoms with Crippen LogP contribution in [0.3, 0.4) is 0 Å². The van der Waals surface area contributed by atoms with Crippen LogP contribution in [0.5, 0.6) is 11.5 Å². The minimum Gasteiger partial charge on any atom is -0.495 e. The Labute approximate surface area is 119 Å². The Morgan fingerprint density at radius 3 is 2.26 bits per heavy atom. The molecule has 0 saturated carbocycles. The van der Waals surface area contributed by atoms with Crippen molar-refractivity contribution in [2.75, 3.05) is 19.5 Å². The van der Waals surface area contributed by atoms with E-state index in [1.165, 1.54) is 14.2 Å². The molecule has 0 saturated heterocycles. The number of hydrogen-bond acceptors (Lipinski definition) is 3. The molecule has 0 atom stereocenters. The fourth-order valence-corrected chi connectivity index (χ4v) is 1.87. The highest BCUT2D eigenvalue weighted by atomic mass is 35.5. The lowest BCUT2D eigenvalue weighted by Gasteiger charge is -2.18. The lowest BCUT2D eigenvalue weighted by molar-refractivity contribution is -0.117. The molecule has 106 valence electrons. The van der Waals surface area contributed by atoms with Crippen LogP contribution in [0.25, 0.3) is 0 Å². The van der Waals surface area contributed by atoms with Gasteiger partial charge in [0.05, 0.1) is 24.9 Å². The van der Waals surface area contributed by atoms with Gasteiger partial charge in [0.25, 0.3) is 0 Å². The first-order chi connectivity index (χ1) is 8.76. The number of ether oxygens (including phenoxy) is 2. The van der Waals surface area contributed by atoms with Crippen LogP contribution in [0.2, 0.25) is 5.02 Å². The monoisotopic (exact) mass is 285 g/mol. The zero-order chi connectivity index (χ0) is 14.6. The van der Waals surface area contributed by atoms with Crippen molar-refractivity contribution in [3.63, 3.8) is 0 Å². The molecular formula is C14H20ClNO3. The highest BCUT2D eigenvalue weighted by Gasteiger charge is 2.18. The predicted octanol–water partition coefficient (Wildman–Crippen LogP) is 3.73. The molecule has 0 spiro atoms. The molecule has 5 heteroatoms. The van der Waals surface area contributed by atoms with Crippen molar-refractivity contribution in [1.29, 1.82) is 0 Å². The SMILES string of the molecule is COc1cc(OC)c(NC(=O)CC(C)(C)C)cc1Cl. The fourth-order valence-electron chi connectivity index (χ4n) is 1.63. The van der Waals surface area contributed by atoms with Gasteiger partial charge in [-0.3, -0.25) is 4.79 Å². The second-order valence-electron chi connectivity index (χ2n) is 5.47. The van der Waals surface area contributed by atoms with E-state index in [9.17, 15) is 4.79 Å². The second kappa shape index (κ2) is 6.15. The Kier molecular flexibility index (Phi) is 5.06. The minimum absolute atomic E-state index is 0.0758. The summed E-state index contributed by atoms with van der Waals surface area (Å²) in [6, 6.07) is 3.27. The van der Waals surface area contributed by atoms with Crippen molar-refractivity contribution in [3.8, 4) is 11.5 Å². The first kappa shape index (κ1) is 15.6. The third-order valence-corrected chi connectivity index (χ3v) is 2.73. The first-order valence-electron chi connectivity index (χ1n) is 5.98. The molecule has 1 aromatic rings. The molecule has 1 amide bonds. The summed E-state index contributed by atoms with van der Waals surface area (Å²) in [5.41, 5.74) is 0.468. The molecule has 0 aliphatic carbocycles. The predicted molar refractivity (Wildman–Crippen MR) is 77.3 cm³/mol. The number of nitrogens with one attached hydrogen (secondary N) is 1. The van der Waals surface area contributed by atoms with Gasteiger partial charge in [0.1, 0.15) is 11.5 Å². The normalized spacial score (nSPS) is 11.1. The molecule has 1 rings (SSSR count). The highest BCUT2D eigenvalue weighted by Crippen LogP contribution is 2.36. The lowest BCUT2D eigenvalue weighted by Crippen LogP contribution is -2.20. The Morgan fingerprint density at radius 1 is 1.21 bits per heavy atom. The number of hydrogen-bond donors (Lipinski definition) is 1. The van der Waals surface area contributed by atoms with Crippen molar-refractivity contribution in [3.05, 3.63) is 17.2 Å². The van der Waals surface area contributed by atoms with Gasteiger partial charge in [0.15, 0.2) is 0 Å². The summed E-state index contributed by atoms with van der Waals surface area (Å²) in [5.74, 6) is 0.947. The summed E-state index contributed by atoms with van der Waals surface area (Å²) in [5, 5.41) is 3.23. The molecule has 0 unspecified atom stereocenters. The van der Waals surface area contributed by atoms with E-state index in [-0.39, 0.29) is 11.3 Å². The van der Waals surface area contributed by atoms with E-state index in [1.807, 2.05) is 20.8 Å². The van der Waals surface area contributed by atoms with Crippen LogP contribution >= 0.6 is 11.6 Å². The van der Waals surface area contributed by atoms with Gasteiger partial charge in [0.2, 0.25) is 5.91 Å². The largest absolute Gasteiger partial charge is 0.495 e. The van der Waals surface area contributed by atoms with Crippen LogP contribution in [0.1, 0.15) is 27.2 Å². The van der Waals surface area contributed by atoms with Gasteiger partial charge >= 0.3 is 0 Å². The van der Waals surface area contributed by atoms with Crippen molar-refractivity contribution >= 4 is 23.2 Å². The second-order valence-corrected chi connectivity index (χ2v) is 5.88. The van der Waals surface area contributed by atoms with Crippen LogP contribution < -0.4 is 14.8 Å². The molecule has 19 heavy (non-hydrogen) atoms. The minimum atomic E-state index is -0.0768. The molecule has 4 nitrogen and oxygen atoms in total. The van der Waals surface area contributed by atoms with Crippen molar-refractivity contribution in [2.24, 2.45) is 5.41 Å². The standard InChI is InChI=1S/C14H20ClNO3/c1-14(2,3)8-13(17)16-10-6-9(15)11(18-4)7-12(10)19-5/h6-7H,8H2,1-5H3,(H,16,17). The van der Waals surface area contributed by atoms with Crippen molar-refractivity contribution in [2.45, 2.75) is 27.2 Å². The molecule has 0 heterocycles. The Bertz CT molecular complexity index is 466. The zero-order valence-corrected chi connectivity index (χ0v) is 12.7. The molecule has 0 fully saturated rings. The molecule has 0 aromatic heterocycles. The molecule has 0 bridgehead atoms. The van der Waals surface area contributed by atoms with E-state index in [0.29, 0.717) is 28.6 Å². The van der Waals surface area contributed by atoms with Crippen LogP contribution in [0, 0.1) is 5.41 Å². The van der Waals surface area contributed by atoms with Gasteiger partial charge in [-0.2, -0.15) is 0 Å². The van der Waals surface area contributed by atoms with E-state index >= 15 is 0 Å². The smallest absolute Gasteiger partial charge is 0.224 e. The fraction of sp³-hybridized carbons (Fsp3) is 0.500. The number of benzene rings is 1. The summed E-state index contributed by atoms with van der Waals surface area (Å²) in [4.78, 5) is 11.9. The van der Waals surface area contributed by atoms with E-state index in [1.54, 1.807) is 12.1 Å². The number of amides is 1. The number of methoxy groups -OCH3 is 2. The Morgan fingerprint density at radius 2 is 1.79 bits per heavy atom. The number of halogens is 1. The van der Waals surface area contributed by atoms with E-state index < -0.39 is 0 Å². The van der Waals surface area contributed by atoms with Gasteiger partial charge in [-0.1, -0.05) is 32.4 Å². The van der Waals surface area contributed by atoms with E-state index in [0.717, 1.165) is 0 Å². The molecular weight excluding hydrogens is 266 g/mol. The summed E-state index contributed by atoms with van der Waals surface area (Å²) in [6.45, 7) is 6.01. The maximum Gasteiger partial charge on any atom is 0.224 e. The summed E-state index contributed by atoms with van der Waals surface area (Å²) >= 11 is 6.04. The summed E-state index contributed by atoms with van der Waals surface area (Å²) in [6.07, 6.45) is 0.416. The van der Waals surface area contributed by atoms with E-state index in [4.69, 9.17) is 21.1 Å². The quantitative estimate of drug-likeness (QED) is 0.917. The third-order valence-electron chi connectivity index (χ3n) is 2.44. The van der Waals surface area contributed by atoms with Gasteiger partial charge < -0.3 is 14.8 Å². The van der Waals surface area contributed by atoms with Gasteiger partial charge in [-0.05, 0) is 11.5 Å². The Hall–Kier alpha value is -1.42. The molecule has 1 aromatic carbocycles. The van der Waals surface area contributed by atoms with Crippen LogP contribution in [-0.4, -0.2) is 20.1 Å². The average molecular weight is 286 g/mol. The van der Waals surface area contributed by atoms with Crippen molar-refractivity contribution in [1.82, 2.24) is 0 Å². The first-order valence-corrected chi connectivity index (χ1v) is 6.36. The number of rotatable bonds is 4. The number of carbonyl (C=O) groups excluding carboxylic acids is 1. The molecule has 0 aliphatic rings.